The highest BCUT2D eigenvalue weighted by Gasteiger charge is 2.35. The lowest BCUT2D eigenvalue weighted by Gasteiger charge is -2.20. The minimum atomic E-state index is 0.616. The number of nitrogens with zero attached hydrogens (tertiary/aromatic N) is 1. The van der Waals surface area contributed by atoms with E-state index >= 15 is 0 Å². The van der Waals surface area contributed by atoms with Crippen LogP contribution in [-0.4, -0.2) is 30.1 Å². The van der Waals surface area contributed by atoms with Crippen LogP contribution in [0.25, 0.3) is 0 Å². The van der Waals surface area contributed by atoms with Gasteiger partial charge in [-0.3, -0.25) is 4.90 Å². The van der Waals surface area contributed by atoms with E-state index in [1.54, 1.807) is 11.1 Å². The van der Waals surface area contributed by atoms with Crippen molar-refractivity contribution in [3.05, 3.63) is 35.4 Å². The van der Waals surface area contributed by atoms with Crippen LogP contribution in [0.1, 0.15) is 42.9 Å². The molecule has 96 valence electrons. The molecule has 2 unspecified atom stereocenters. The van der Waals surface area contributed by atoms with Crippen molar-refractivity contribution in [3.8, 4) is 0 Å². The summed E-state index contributed by atoms with van der Waals surface area (Å²) in [6, 6.07) is 11.2. The minimum Gasteiger partial charge on any atom is -0.306 e. The molecule has 2 atom stereocenters. The number of aryl methyl sites for hydroxylation is 1. The van der Waals surface area contributed by atoms with Crippen molar-refractivity contribution in [3.63, 3.8) is 0 Å². The molecule has 1 heterocycles. The first-order valence-corrected chi connectivity index (χ1v) is 7.48. The quantitative estimate of drug-likeness (QED) is 0.876. The van der Waals surface area contributed by atoms with E-state index < -0.39 is 0 Å². The van der Waals surface area contributed by atoms with Gasteiger partial charge in [0.15, 0.2) is 0 Å². The Morgan fingerprint density at radius 3 is 2.83 bits per heavy atom. The van der Waals surface area contributed by atoms with E-state index in [1.165, 1.54) is 45.2 Å². The third kappa shape index (κ3) is 1.98. The van der Waals surface area contributed by atoms with Crippen molar-refractivity contribution in [2.45, 2.75) is 50.2 Å². The molecule has 1 aromatic carbocycles. The second-order valence-electron chi connectivity index (χ2n) is 6.17. The summed E-state index contributed by atoms with van der Waals surface area (Å²) < 4.78 is 0. The molecule has 18 heavy (non-hydrogen) atoms. The maximum Gasteiger partial charge on any atom is 0.0329 e. The highest BCUT2D eigenvalue weighted by atomic mass is 15.2. The van der Waals surface area contributed by atoms with Crippen molar-refractivity contribution in [1.29, 1.82) is 0 Å². The van der Waals surface area contributed by atoms with Gasteiger partial charge in [0.2, 0.25) is 0 Å². The van der Waals surface area contributed by atoms with Crippen molar-refractivity contribution in [2.24, 2.45) is 0 Å². The van der Waals surface area contributed by atoms with E-state index in [1.807, 2.05) is 0 Å². The van der Waals surface area contributed by atoms with Crippen LogP contribution >= 0.6 is 0 Å². The summed E-state index contributed by atoms with van der Waals surface area (Å²) >= 11 is 0. The summed E-state index contributed by atoms with van der Waals surface area (Å²) in [6.07, 6.45) is 6.78. The van der Waals surface area contributed by atoms with Gasteiger partial charge in [0.1, 0.15) is 0 Å². The first kappa shape index (κ1) is 11.0. The maximum absolute atomic E-state index is 3.90. The highest BCUT2D eigenvalue weighted by molar-refractivity contribution is 5.34. The summed E-state index contributed by atoms with van der Waals surface area (Å²) in [4.78, 5) is 2.69. The summed E-state index contributed by atoms with van der Waals surface area (Å²) in [5, 5.41) is 3.90. The Hall–Kier alpha value is -0.860. The second kappa shape index (κ2) is 4.36. The molecule has 1 N–H and O–H groups in total. The van der Waals surface area contributed by atoms with Gasteiger partial charge in [-0.1, -0.05) is 24.3 Å². The average Bonchev–Trinajstić information content (AvgIpc) is 3.02. The first-order chi connectivity index (χ1) is 8.90. The molecule has 3 aliphatic rings. The van der Waals surface area contributed by atoms with Gasteiger partial charge in [0.25, 0.3) is 0 Å². The molecular weight excluding hydrogens is 220 g/mol. The van der Waals surface area contributed by atoms with Crippen LogP contribution in [0.2, 0.25) is 0 Å². The molecule has 0 aromatic heterocycles. The molecule has 1 saturated heterocycles. The van der Waals surface area contributed by atoms with Crippen LogP contribution in [-0.2, 0) is 6.42 Å². The number of hydrogen-bond acceptors (Lipinski definition) is 2. The van der Waals surface area contributed by atoms with Gasteiger partial charge in [0, 0.05) is 31.2 Å². The first-order valence-electron chi connectivity index (χ1n) is 7.48. The smallest absolute Gasteiger partial charge is 0.0329 e. The fraction of sp³-hybridized carbons (Fsp3) is 0.625. The summed E-state index contributed by atoms with van der Waals surface area (Å²) in [7, 11) is 0. The predicted molar refractivity (Wildman–Crippen MR) is 73.6 cm³/mol. The van der Waals surface area contributed by atoms with Gasteiger partial charge in [-0.25, -0.2) is 0 Å². The molecule has 2 nitrogen and oxygen atoms in total. The number of likely N-dealkylation sites (tertiary alicyclic amines) is 1. The number of nitrogens with one attached hydrogen (secondary N) is 1. The Bertz CT molecular complexity index is 438. The zero-order valence-corrected chi connectivity index (χ0v) is 10.9. The fourth-order valence-corrected chi connectivity index (χ4v) is 3.71. The van der Waals surface area contributed by atoms with E-state index in [-0.39, 0.29) is 0 Å². The fourth-order valence-electron chi connectivity index (χ4n) is 3.71. The lowest BCUT2D eigenvalue weighted by molar-refractivity contribution is 0.312. The maximum atomic E-state index is 3.90. The molecule has 2 heteroatoms. The van der Waals surface area contributed by atoms with E-state index in [0.29, 0.717) is 6.04 Å². The third-order valence-electron chi connectivity index (χ3n) is 4.85. The van der Waals surface area contributed by atoms with Crippen LogP contribution < -0.4 is 5.32 Å². The average molecular weight is 242 g/mol. The van der Waals surface area contributed by atoms with E-state index in [2.05, 4.69) is 34.5 Å². The number of benzene rings is 1. The van der Waals surface area contributed by atoms with Crippen LogP contribution in [0.5, 0.6) is 0 Å². The summed E-state index contributed by atoms with van der Waals surface area (Å²) in [5.41, 5.74) is 3.12. The Balaban J connectivity index is 1.41. The molecule has 4 rings (SSSR count). The molecular formula is C16H22N2. The van der Waals surface area contributed by atoms with Crippen LogP contribution in [0.4, 0.5) is 0 Å². The van der Waals surface area contributed by atoms with Crippen LogP contribution in [0.15, 0.2) is 24.3 Å². The molecule has 1 aliphatic heterocycles. The molecule has 2 aliphatic carbocycles. The lowest BCUT2D eigenvalue weighted by atomic mass is 10.1. The monoisotopic (exact) mass is 242 g/mol. The minimum absolute atomic E-state index is 0.616. The Morgan fingerprint density at radius 2 is 1.94 bits per heavy atom. The molecule has 2 fully saturated rings. The zero-order valence-electron chi connectivity index (χ0n) is 10.9. The number of rotatable bonds is 3. The highest BCUT2D eigenvalue weighted by Crippen LogP contribution is 2.33. The summed E-state index contributed by atoms with van der Waals surface area (Å²) in [6.45, 7) is 2.60. The Labute approximate surface area is 109 Å². The zero-order chi connectivity index (χ0) is 11.9. The van der Waals surface area contributed by atoms with E-state index in [4.69, 9.17) is 0 Å². The number of hydrogen-bond donors (Lipinski definition) is 1. The Morgan fingerprint density at radius 1 is 1.06 bits per heavy atom. The SMILES string of the molecule is c1ccc2c(c1)CCC2NC1CCN(C2CC2)C1. The van der Waals surface area contributed by atoms with Gasteiger partial charge < -0.3 is 5.32 Å². The predicted octanol–water partition coefficient (Wildman–Crippen LogP) is 2.50. The second-order valence-corrected chi connectivity index (χ2v) is 6.17. The summed E-state index contributed by atoms with van der Waals surface area (Å²) in [5.74, 6) is 0. The van der Waals surface area contributed by atoms with Gasteiger partial charge in [-0.2, -0.15) is 0 Å². The van der Waals surface area contributed by atoms with Crippen molar-refractivity contribution >= 4 is 0 Å². The number of fused-ring (bicyclic) bond motifs is 1. The standard InChI is InChI=1S/C16H22N2/c1-2-4-15-12(3-1)5-8-16(15)17-13-9-10-18(11-13)14-6-7-14/h1-4,13-14,16-17H,5-11H2. The molecule has 0 amide bonds. The molecule has 0 radical (unpaired) electrons. The normalized spacial score (nSPS) is 31.8. The lowest BCUT2D eigenvalue weighted by Crippen LogP contribution is -2.35. The molecule has 1 saturated carbocycles. The molecule has 0 bridgehead atoms. The van der Waals surface area contributed by atoms with Crippen LogP contribution in [0, 0.1) is 0 Å². The van der Waals surface area contributed by atoms with Crippen molar-refractivity contribution in [1.82, 2.24) is 10.2 Å². The van der Waals surface area contributed by atoms with E-state index in [9.17, 15) is 0 Å². The topological polar surface area (TPSA) is 15.3 Å². The van der Waals surface area contributed by atoms with Crippen LogP contribution in [0.3, 0.4) is 0 Å². The third-order valence-corrected chi connectivity index (χ3v) is 4.85. The van der Waals surface area contributed by atoms with Gasteiger partial charge in [0.05, 0.1) is 0 Å². The van der Waals surface area contributed by atoms with E-state index in [0.717, 1.165) is 12.1 Å². The largest absolute Gasteiger partial charge is 0.306 e. The van der Waals surface area contributed by atoms with Gasteiger partial charge in [-0.15, -0.1) is 0 Å². The van der Waals surface area contributed by atoms with Crippen molar-refractivity contribution in [2.75, 3.05) is 13.1 Å². The van der Waals surface area contributed by atoms with Gasteiger partial charge in [-0.05, 0) is 43.2 Å². The van der Waals surface area contributed by atoms with Gasteiger partial charge >= 0.3 is 0 Å². The Kier molecular flexibility index (Phi) is 2.66. The molecule has 0 spiro atoms. The molecule has 1 aromatic rings. The van der Waals surface area contributed by atoms with Crippen molar-refractivity contribution < 1.29 is 0 Å².